The lowest BCUT2D eigenvalue weighted by Gasteiger charge is -2.41. The van der Waals surface area contributed by atoms with Crippen LogP contribution in [0.25, 0.3) is 6.08 Å². The summed E-state index contributed by atoms with van der Waals surface area (Å²) < 4.78 is 22.8. The van der Waals surface area contributed by atoms with E-state index >= 15 is 0 Å². The molecule has 1 aromatic rings. The van der Waals surface area contributed by atoms with Gasteiger partial charge in [0.15, 0.2) is 0 Å². The number of ether oxygens (including phenoxy) is 4. The summed E-state index contributed by atoms with van der Waals surface area (Å²) in [6.45, 7) is 7.39. The Balaban J connectivity index is 1.66. The number of rotatable bonds is 9. The van der Waals surface area contributed by atoms with Gasteiger partial charge in [-0.25, -0.2) is 4.79 Å². The fraction of sp³-hybridized carbons (Fsp3) is 0.577. The maximum atomic E-state index is 12.5. The highest BCUT2D eigenvalue weighted by Gasteiger charge is 2.59. The predicted molar refractivity (Wildman–Crippen MR) is 122 cm³/mol. The van der Waals surface area contributed by atoms with E-state index in [9.17, 15) is 4.79 Å². The Kier molecular flexibility index (Phi) is 7.95. The molecule has 3 rings (SSSR count). The topological polar surface area (TPSA) is 57.3 Å². The zero-order valence-electron chi connectivity index (χ0n) is 19.4. The van der Waals surface area contributed by atoms with E-state index in [1.54, 1.807) is 20.3 Å². The highest BCUT2D eigenvalue weighted by atomic mass is 16.6. The molecule has 0 unspecified atom stereocenters. The van der Waals surface area contributed by atoms with Gasteiger partial charge >= 0.3 is 5.97 Å². The van der Waals surface area contributed by atoms with Crippen molar-refractivity contribution in [3.63, 3.8) is 0 Å². The van der Waals surface area contributed by atoms with Gasteiger partial charge in [0.2, 0.25) is 0 Å². The van der Waals surface area contributed by atoms with Gasteiger partial charge in [0.25, 0.3) is 0 Å². The van der Waals surface area contributed by atoms with Gasteiger partial charge in [-0.2, -0.15) is 0 Å². The van der Waals surface area contributed by atoms with E-state index in [1.165, 1.54) is 11.6 Å². The summed E-state index contributed by atoms with van der Waals surface area (Å²) in [6, 6.07) is 7.52. The Morgan fingerprint density at radius 1 is 1.26 bits per heavy atom. The minimum Gasteiger partial charge on any atom is -0.497 e. The molecule has 5 nitrogen and oxygen atoms in total. The molecule has 31 heavy (non-hydrogen) atoms. The van der Waals surface area contributed by atoms with Crippen LogP contribution in [0.3, 0.4) is 0 Å². The van der Waals surface area contributed by atoms with Crippen LogP contribution < -0.4 is 4.74 Å². The molecular weight excluding hydrogens is 392 g/mol. The van der Waals surface area contributed by atoms with Crippen LogP contribution in [0.5, 0.6) is 5.75 Å². The highest BCUT2D eigenvalue weighted by Crippen LogP contribution is 2.50. The molecule has 2 aliphatic rings. The molecule has 0 radical (unpaired) electrons. The molecule has 1 spiro atoms. The third kappa shape index (κ3) is 5.98. The van der Waals surface area contributed by atoms with Crippen LogP contribution in [-0.2, 0) is 19.0 Å². The third-order valence-electron chi connectivity index (χ3n) is 6.40. The number of carbonyl (C=O) groups excluding carboxylic acids is 1. The van der Waals surface area contributed by atoms with Crippen molar-refractivity contribution < 1.29 is 23.7 Å². The molecule has 1 aromatic carbocycles. The molecule has 0 aromatic heterocycles. The molecule has 170 valence electrons. The summed E-state index contributed by atoms with van der Waals surface area (Å²) in [5.74, 6) is 1.22. The minimum atomic E-state index is -0.351. The lowest BCUT2D eigenvalue weighted by molar-refractivity contribution is -0.159. The second-order valence-electron chi connectivity index (χ2n) is 9.07. The van der Waals surface area contributed by atoms with Crippen LogP contribution >= 0.6 is 0 Å². The van der Waals surface area contributed by atoms with E-state index in [1.807, 2.05) is 24.3 Å². The number of benzene rings is 1. The Hall–Kier alpha value is -2.11. The molecule has 4 atom stereocenters. The van der Waals surface area contributed by atoms with Crippen molar-refractivity contribution in [2.75, 3.05) is 20.8 Å². The van der Waals surface area contributed by atoms with Gasteiger partial charge in [-0.3, -0.25) is 0 Å². The van der Waals surface area contributed by atoms with Crippen molar-refractivity contribution in [2.45, 2.75) is 64.3 Å². The van der Waals surface area contributed by atoms with Gasteiger partial charge in [0.05, 0.1) is 13.7 Å². The molecule has 1 saturated carbocycles. The van der Waals surface area contributed by atoms with Crippen molar-refractivity contribution in [1.82, 2.24) is 0 Å². The second-order valence-corrected chi connectivity index (χ2v) is 9.07. The minimum absolute atomic E-state index is 0.113. The van der Waals surface area contributed by atoms with Crippen molar-refractivity contribution in [3.8, 4) is 5.75 Å². The van der Waals surface area contributed by atoms with Crippen LogP contribution in [0.1, 0.15) is 52.0 Å². The van der Waals surface area contributed by atoms with E-state index in [4.69, 9.17) is 18.9 Å². The smallest absolute Gasteiger partial charge is 0.331 e. The van der Waals surface area contributed by atoms with Crippen LogP contribution in [-0.4, -0.2) is 44.6 Å². The normalized spacial score (nSPS) is 28.3. The number of epoxide rings is 1. The number of carbonyl (C=O) groups is 1. The van der Waals surface area contributed by atoms with Crippen LogP contribution in [0.4, 0.5) is 0 Å². The molecule has 1 aliphatic carbocycles. The molecular formula is C26H36O5. The number of hydrogen-bond acceptors (Lipinski definition) is 5. The molecule has 1 heterocycles. The predicted octanol–water partition coefficient (Wildman–Crippen LogP) is 5.20. The van der Waals surface area contributed by atoms with Crippen LogP contribution in [0.2, 0.25) is 0 Å². The summed E-state index contributed by atoms with van der Waals surface area (Å²) in [5, 5.41) is 0. The van der Waals surface area contributed by atoms with Crippen molar-refractivity contribution in [3.05, 3.63) is 47.6 Å². The molecule has 5 heteroatoms. The Bertz CT molecular complexity index is 789. The molecule has 0 amide bonds. The SMILES string of the molecule is COc1ccc(/C=C/C(=O)O[C@@H]2CC[C@]3(CO3)[C@@H](/C(C)=C/CCC(C)C)[C@@H]2OC)cc1. The van der Waals surface area contributed by atoms with Crippen LogP contribution in [0.15, 0.2) is 42.0 Å². The average Bonchev–Trinajstić information content (AvgIpc) is 3.53. The largest absolute Gasteiger partial charge is 0.497 e. The van der Waals surface area contributed by atoms with Crippen molar-refractivity contribution in [2.24, 2.45) is 11.8 Å². The third-order valence-corrected chi connectivity index (χ3v) is 6.40. The zero-order valence-corrected chi connectivity index (χ0v) is 19.4. The quantitative estimate of drug-likeness (QED) is 0.234. The van der Waals surface area contributed by atoms with Gasteiger partial charge in [-0.1, -0.05) is 37.6 Å². The Labute approximate surface area is 186 Å². The number of methoxy groups -OCH3 is 2. The molecule has 1 saturated heterocycles. The maximum absolute atomic E-state index is 12.5. The van der Waals surface area contributed by atoms with Gasteiger partial charge in [0, 0.05) is 19.1 Å². The van der Waals surface area contributed by atoms with Crippen molar-refractivity contribution >= 4 is 12.0 Å². The fourth-order valence-corrected chi connectivity index (χ4v) is 4.56. The zero-order chi connectivity index (χ0) is 22.4. The Morgan fingerprint density at radius 2 is 1.97 bits per heavy atom. The van der Waals surface area contributed by atoms with E-state index in [0.717, 1.165) is 43.6 Å². The summed E-state index contributed by atoms with van der Waals surface area (Å²) >= 11 is 0. The first-order chi connectivity index (χ1) is 14.9. The molecule has 1 aliphatic heterocycles. The highest BCUT2D eigenvalue weighted by molar-refractivity contribution is 5.87. The lowest BCUT2D eigenvalue weighted by atomic mass is 9.72. The van der Waals surface area contributed by atoms with E-state index in [2.05, 4.69) is 26.8 Å². The molecule has 0 bridgehead atoms. The fourth-order valence-electron chi connectivity index (χ4n) is 4.56. The monoisotopic (exact) mass is 428 g/mol. The first-order valence-corrected chi connectivity index (χ1v) is 11.2. The first-order valence-electron chi connectivity index (χ1n) is 11.2. The standard InChI is InChI=1S/C26H36O5/c1-18(2)7-6-8-19(3)24-25(29-5)22(15-16-26(24)17-30-26)31-23(27)14-11-20-9-12-21(28-4)13-10-20/h8-14,18,22,24-25H,6-7,15-17H2,1-5H3/b14-11+,19-8+/t22-,24+,25-,26+/m1/s1. The van der Waals surface area contributed by atoms with Gasteiger partial charge in [0.1, 0.15) is 23.6 Å². The second kappa shape index (κ2) is 10.5. The molecule has 0 N–H and O–H groups in total. The van der Waals surface area contributed by atoms with Gasteiger partial charge in [-0.15, -0.1) is 0 Å². The summed E-state index contributed by atoms with van der Waals surface area (Å²) in [4.78, 5) is 12.5. The van der Waals surface area contributed by atoms with Crippen LogP contribution in [0, 0.1) is 11.8 Å². The van der Waals surface area contributed by atoms with E-state index in [-0.39, 0.29) is 29.7 Å². The maximum Gasteiger partial charge on any atom is 0.331 e. The number of hydrogen-bond donors (Lipinski definition) is 0. The number of esters is 1. The summed E-state index contributed by atoms with van der Waals surface area (Å²) in [6.07, 6.45) is 8.89. The lowest BCUT2D eigenvalue weighted by Crippen LogP contribution is -2.50. The van der Waals surface area contributed by atoms with E-state index in [0.29, 0.717) is 5.92 Å². The van der Waals surface area contributed by atoms with Crippen molar-refractivity contribution in [1.29, 1.82) is 0 Å². The first kappa shape index (κ1) is 23.6. The summed E-state index contributed by atoms with van der Waals surface area (Å²) in [7, 11) is 3.33. The van der Waals surface area contributed by atoms with E-state index < -0.39 is 0 Å². The number of allylic oxidation sites excluding steroid dienone is 1. The van der Waals surface area contributed by atoms with Gasteiger partial charge in [-0.05, 0) is 62.3 Å². The van der Waals surface area contributed by atoms with Gasteiger partial charge < -0.3 is 18.9 Å². The average molecular weight is 429 g/mol. The Morgan fingerprint density at radius 3 is 2.55 bits per heavy atom. The summed E-state index contributed by atoms with van der Waals surface area (Å²) in [5.41, 5.74) is 2.04. The molecule has 2 fully saturated rings.